The van der Waals surface area contributed by atoms with E-state index in [0.717, 1.165) is 22.0 Å². The number of fused-ring (bicyclic) bond motifs is 3. The monoisotopic (exact) mass is 534 g/mol. The van der Waals surface area contributed by atoms with E-state index in [4.69, 9.17) is 9.47 Å². The molecule has 35 heavy (non-hydrogen) atoms. The van der Waals surface area contributed by atoms with Crippen LogP contribution in [0.1, 0.15) is 11.1 Å². The molecule has 176 valence electrons. The highest BCUT2D eigenvalue weighted by Gasteiger charge is 2.14. The molecule has 2 heterocycles. The van der Waals surface area contributed by atoms with Gasteiger partial charge in [-0.25, -0.2) is 9.82 Å². The number of methoxy groups -OCH3 is 1. The topological polar surface area (TPSA) is 86.5 Å². The Kier molecular flexibility index (Phi) is 6.28. The molecule has 10 heteroatoms. The lowest BCUT2D eigenvalue weighted by atomic mass is 10.2. The number of rotatable bonds is 7. The minimum absolute atomic E-state index is 0.0671. The maximum atomic E-state index is 13.9. The minimum atomic E-state index is -0.323. The van der Waals surface area contributed by atoms with E-state index in [1.54, 1.807) is 30.5 Å². The van der Waals surface area contributed by atoms with Gasteiger partial charge in [-0.15, -0.1) is 10.2 Å². The van der Waals surface area contributed by atoms with Crippen LogP contribution in [0.2, 0.25) is 0 Å². The summed E-state index contributed by atoms with van der Waals surface area (Å²) in [6.07, 6.45) is 1.60. The number of anilines is 1. The predicted octanol–water partition coefficient (Wildman–Crippen LogP) is 5.45. The first-order valence-corrected chi connectivity index (χ1v) is 11.4. The standard InChI is InChI=1S/C25H20BrFN6O2/c1-33-20-10-6-4-8-17(20)22-24(33)29-25(32-30-22)31-28-13-15-11-18(26)23(21(12-15)34-2)35-14-16-7-3-5-9-19(16)27/h3-13H,14H2,1-2H3,(H,29,31,32)/b28-13+. The van der Waals surface area contributed by atoms with Crippen LogP contribution in [0.5, 0.6) is 11.5 Å². The van der Waals surface area contributed by atoms with Crippen LogP contribution in [0.4, 0.5) is 10.3 Å². The zero-order valence-electron chi connectivity index (χ0n) is 18.9. The van der Waals surface area contributed by atoms with E-state index in [9.17, 15) is 4.39 Å². The normalized spacial score (nSPS) is 11.4. The molecule has 2 aromatic heterocycles. The zero-order valence-corrected chi connectivity index (χ0v) is 20.5. The van der Waals surface area contributed by atoms with Crippen molar-refractivity contribution >= 4 is 50.2 Å². The number of aryl methyl sites for hydroxylation is 1. The molecule has 0 amide bonds. The van der Waals surface area contributed by atoms with Crippen molar-refractivity contribution in [1.29, 1.82) is 0 Å². The van der Waals surface area contributed by atoms with Gasteiger partial charge in [-0.2, -0.15) is 10.1 Å². The lowest BCUT2D eigenvalue weighted by Crippen LogP contribution is -2.02. The Morgan fingerprint density at radius 1 is 1.11 bits per heavy atom. The van der Waals surface area contributed by atoms with E-state index < -0.39 is 0 Å². The molecule has 5 aromatic rings. The molecule has 0 aliphatic carbocycles. The van der Waals surface area contributed by atoms with Crippen LogP contribution >= 0.6 is 15.9 Å². The molecule has 1 N–H and O–H groups in total. The van der Waals surface area contributed by atoms with Gasteiger partial charge in [-0.05, 0) is 45.8 Å². The van der Waals surface area contributed by atoms with Gasteiger partial charge < -0.3 is 14.0 Å². The van der Waals surface area contributed by atoms with Gasteiger partial charge in [-0.3, -0.25) is 0 Å². The Morgan fingerprint density at radius 3 is 2.74 bits per heavy atom. The van der Waals surface area contributed by atoms with Gasteiger partial charge in [0.2, 0.25) is 0 Å². The average molecular weight is 535 g/mol. The molecular weight excluding hydrogens is 515 g/mol. The zero-order chi connectivity index (χ0) is 24.4. The maximum absolute atomic E-state index is 13.9. The number of aromatic nitrogens is 4. The van der Waals surface area contributed by atoms with Crippen molar-refractivity contribution in [1.82, 2.24) is 19.7 Å². The number of hydrogen-bond acceptors (Lipinski definition) is 7. The van der Waals surface area contributed by atoms with Crippen molar-refractivity contribution in [3.05, 3.63) is 82.1 Å². The van der Waals surface area contributed by atoms with E-state index in [-0.39, 0.29) is 18.4 Å². The van der Waals surface area contributed by atoms with Crippen LogP contribution in [0, 0.1) is 5.82 Å². The van der Waals surface area contributed by atoms with Gasteiger partial charge in [0.05, 0.1) is 23.3 Å². The first kappa shape index (κ1) is 22.7. The van der Waals surface area contributed by atoms with E-state index in [0.29, 0.717) is 27.2 Å². The molecule has 8 nitrogen and oxygen atoms in total. The lowest BCUT2D eigenvalue weighted by molar-refractivity contribution is 0.278. The van der Waals surface area contributed by atoms with Gasteiger partial charge in [0.25, 0.3) is 5.95 Å². The first-order chi connectivity index (χ1) is 17.0. The fourth-order valence-electron chi connectivity index (χ4n) is 3.74. The molecule has 0 bridgehead atoms. The van der Waals surface area contributed by atoms with E-state index in [1.807, 2.05) is 41.9 Å². The van der Waals surface area contributed by atoms with Crippen LogP contribution in [0.25, 0.3) is 22.1 Å². The number of halogens is 2. The van der Waals surface area contributed by atoms with Gasteiger partial charge in [0, 0.05) is 18.0 Å². The Morgan fingerprint density at radius 2 is 1.91 bits per heavy atom. The third-order valence-electron chi connectivity index (χ3n) is 5.47. The Balaban J connectivity index is 1.34. The summed E-state index contributed by atoms with van der Waals surface area (Å²) in [4.78, 5) is 4.55. The molecule has 0 fully saturated rings. The lowest BCUT2D eigenvalue weighted by Gasteiger charge is -2.14. The number of ether oxygens (including phenoxy) is 2. The van der Waals surface area contributed by atoms with Crippen LogP contribution in [-0.2, 0) is 13.7 Å². The first-order valence-electron chi connectivity index (χ1n) is 10.7. The average Bonchev–Trinajstić information content (AvgIpc) is 3.15. The SMILES string of the molecule is COc1cc(/C=N/Nc2nnc3c4ccccc4n(C)c3n2)cc(Br)c1OCc1ccccc1F. The van der Waals surface area contributed by atoms with Crippen LogP contribution in [0.3, 0.4) is 0 Å². The second-order valence-electron chi connectivity index (χ2n) is 7.67. The van der Waals surface area contributed by atoms with Crippen molar-refractivity contribution in [2.45, 2.75) is 6.61 Å². The maximum Gasteiger partial charge on any atom is 0.265 e. The summed E-state index contributed by atoms with van der Waals surface area (Å²) >= 11 is 3.50. The summed E-state index contributed by atoms with van der Waals surface area (Å²) in [5.74, 6) is 0.896. The molecule has 0 spiro atoms. The molecule has 0 unspecified atom stereocenters. The quantitative estimate of drug-likeness (QED) is 0.220. The summed E-state index contributed by atoms with van der Waals surface area (Å²) < 4.78 is 27.8. The fraction of sp³-hybridized carbons (Fsp3) is 0.120. The van der Waals surface area contributed by atoms with E-state index in [1.165, 1.54) is 13.2 Å². The highest BCUT2D eigenvalue weighted by molar-refractivity contribution is 9.10. The fourth-order valence-corrected chi connectivity index (χ4v) is 4.31. The summed E-state index contributed by atoms with van der Waals surface area (Å²) in [5.41, 5.74) is 6.48. The Hall–Kier alpha value is -4.05. The smallest absolute Gasteiger partial charge is 0.265 e. The third kappa shape index (κ3) is 4.52. The van der Waals surface area contributed by atoms with Crippen LogP contribution in [0.15, 0.2) is 70.2 Å². The number of para-hydroxylation sites is 1. The van der Waals surface area contributed by atoms with Crippen molar-refractivity contribution in [2.24, 2.45) is 12.1 Å². The molecule has 0 atom stereocenters. The second-order valence-corrected chi connectivity index (χ2v) is 8.52. The van der Waals surface area contributed by atoms with Gasteiger partial charge in [0.15, 0.2) is 17.1 Å². The van der Waals surface area contributed by atoms with Crippen molar-refractivity contribution < 1.29 is 13.9 Å². The molecule has 0 radical (unpaired) electrons. The number of hydrogen-bond donors (Lipinski definition) is 1. The molecule has 0 aliphatic rings. The third-order valence-corrected chi connectivity index (χ3v) is 6.06. The molecule has 3 aromatic carbocycles. The van der Waals surface area contributed by atoms with E-state index in [2.05, 4.69) is 41.6 Å². The summed E-state index contributed by atoms with van der Waals surface area (Å²) in [5, 5.41) is 13.7. The van der Waals surface area contributed by atoms with E-state index >= 15 is 0 Å². The molecule has 5 rings (SSSR count). The summed E-state index contributed by atoms with van der Waals surface area (Å²) in [6.45, 7) is 0.0671. The number of nitrogens with one attached hydrogen (secondary N) is 1. The molecule has 0 saturated heterocycles. The number of nitrogens with zero attached hydrogens (tertiary/aromatic N) is 5. The van der Waals surface area contributed by atoms with Crippen molar-refractivity contribution in [3.8, 4) is 11.5 Å². The second kappa shape index (κ2) is 9.67. The molecular formula is C25H20BrFN6O2. The van der Waals surface area contributed by atoms with Gasteiger partial charge >= 0.3 is 0 Å². The number of hydrazone groups is 1. The van der Waals surface area contributed by atoms with Crippen molar-refractivity contribution in [2.75, 3.05) is 12.5 Å². The van der Waals surface area contributed by atoms with Crippen LogP contribution in [-0.4, -0.2) is 33.1 Å². The Labute approximate surface area is 208 Å². The highest BCUT2D eigenvalue weighted by Crippen LogP contribution is 2.37. The predicted molar refractivity (Wildman–Crippen MR) is 136 cm³/mol. The molecule has 0 aliphatic heterocycles. The Bertz CT molecular complexity index is 1570. The largest absolute Gasteiger partial charge is 0.493 e. The summed E-state index contributed by atoms with van der Waals surface area (Å²) in [7, 11) is 3.47. The molecule has 0 saturated carbocycles. The highest BCUT2D eigenvalue weighted by atomic mass is 79.9. The van der Waals surface area contributed by atoms with Gasteiger partial charge in [0.1, 0.15) is 17.9 Å². The van der Waals surface area contributed by atoms with Gasteiger partial charge in [-0.1, -0.05) is 36.4 Å². The number of benzene rings is 3. The minimum Gasteiger partial charge on any atom is -0.493 e. The van der Waals surface area contributed by atoms with Crippen LogP contribution < -0.4 is 14.9 Å². The van der Waals surface area contributed by atoms with Crippen molar-refractivity contribution in [3.63, 3.8) is 0 Å². The summed E-state index contributed by atoms with van der Waals surface area (Å²) in [6, 6.07) is 18.0.